The monoisotopic (exact) mass is 338 g/mol. The fourth-order valence-electron chi connectivity index (χ4n) is 1.69. The van der Waals surface area contributed by atoms with Crippen molar-refractivity contribution in [2.24, 2.45) is 11.3 Å². The summed E-state index contributed by atoms with van der Waals surface area (Å²) in [5.74, 6) is 0.374. The lowest BCUT2D eigenvalue weighted by molar-refractivity contribution is 0.163. The van der Waals surface area contributed by atoms with Crippen LogP contribution in [0.1, 0.15) is 26.3 Å². The van der Waals surface area contributed by atoms with Crippen LogP contribution in [0.4, 0.5) is 0 Å². The normalized spacial score (nSPS) is 14.1. The van der Waals surface area contributed by atoms with Crippen molar-refractivity contribution in [3.05, 3.63) is 28.8 Å². The fraction of sp³-hybridized carbons (Fsp3) is 0.571. The predicted octanol–water partition coefficient (Wildman–Crippen LogP) is 4.26. The van der Waals surface area contributed by atoms with Gasteiger partial charge < -0.3 is 4.74 Å². The summed E-state index contributed by atoms with van der Waals surface area (Å²) in [6.45, 7) is 8.08. The first-order valence-corrected chi connectivity index (χ1v) is 9.16. The molecular weight excluding hydrogens is 319 g/mol. The van der Waals surface area contributed by atoms with Crippen LogP contribution in [0.3, 0.4) is 0 Å². The highest BCUT2D eigenvalue weighted by molar-refractivity contribution is 8.13. The lowest BCUT2D eigenvalue weighted by Gasteiger charge is -2.29. The van der Waals surface area contributed by atoms with E-state index in [1.165, 1.54) is 0 Å². The summed E-state index contributed by atoms with van der Waals surface area (Å²) in [6.07, 6.45) is 0. The molecule has 0 aliphatic rings. The molecule has 0 aromatic heterocycles. The first-order chi connectivity index (χ1) is 8.99. The quantitative estimate of drug-likeness (QED) is 0.753. The number of benzene rings is 1. The fourth-order valence-corrected chi connectivity index (χ4v) is 3.34. The maximum absolute atomic E-state index is 11.3. The second kappa shape index (κ2) is 6.54. The molecule has 0 saturated heterocycles. The van der Waals surface area contributed by atoms with Gasteiger partial charge in [-0.2, -0.15) is 0 Å². The van der Waals surface area contributed by atoms with Gasteiger partial charge in [0.1, 0.15) is 5.75 Å². The second-order valence-electron chi connectivity index (χ2n) is 5.99. The van der Waals surface area contributed by atoms with Gasteiger partial charge in [-0.3, -0.25) is 0 Å². The van der Waals surface area contributed by atoms with Crippen molar-refractivity contribution in [1.29, 1.82) is 0 Å². The van der Waals surface area contributed by atoms with Gasteiger partial charge in [0.15, 0.2) is 0 Å². The summed E-state index contributed by atoms with van der Waals surface area (Å²) >= 11 is 5.95. The van der Waals surface area contributed by atoms with Crippen LogP contribution < -0.4 is 4.74 Å². The summed E-state index contributed by atoms with van der Waals surface area (Å²) in [7, 11) is 1.81. The van der Waals surface area contributed by atoms with E-state index in [1.807, 2.05) is 33.8 Å². The van der Waals surface area contributed by atoms with E-state index in [9.17, 15) is 8.42 Å². The summed E-state index contributed by atoms with van der Waals surface area (Å²) in [6, 6.07) is 5.36. The lowest BCUT2D eigenvalue weighted by atomic mass is 9.82. The molecular formula is C14H20Cl2O3S. The molecule has 0 bridgehead atoms. The average molecular weight is 339 g/mol. The molecule has 0 aliphatic carbocycles. The van der Waals surface area contributed by atoms with Gasteiger partial charge in [-0.15, -0.1) is 0 Å². The molecule has 0 aliphatic heterocycles. The Hall–Kier alpha value is -0.450. The molecule has 3 nitrogen and oxygen atoms in total. The van der Waals surface area contributed by atoms with Crippen molar-refractivity contribution in [3.8, 4) is 5.75 Å². The topological polar surface area (TPSA) is 43.4 Å². The Morgan fingerprint density at radius 1 is 1.30 bits per heavy atom. The van der Waals surface area contributed by atoms with E-state index < -0.39 is 9.05 Å². The van der Waals surface area contributed by atoms with Crippen molar-refractivity contribution in [1.82, 2.24) is 0 Å². The molecule has 1 aromatic rings. The summed E-state index contributed by atoms with van der Waals surface area (Å²) in [5.41, 5.74) is 0.699. The molecule has 0 amide bonds. The van der Waals surface area contributed by atoms with Crippen LogP contribution in [0, 0.1) is 18.3 Å². The van der Waals surface area contributed by atoms with Crippen molar-refractivity contribution < 1.29 is 13.2 Å². The number of hydrogen-bond acceptors (Lipinski definition) is 3. The molecule has 1 unspecified atom stereocenters. The molecule has 0 fully saturated rings. The van der Waals surface area contributed by atoms with Crippen molar-refractivity contribution in [3.63, 3.8) is 0 Å². The van der Waals surface area contributed by atoms with Crippen LogP contribution in [-0.2, 0) is 9.05 Å². The van der Waals surface area contributed by atoms with Crippen molar-refractivity contribution >= 4 is 31.3 Å². The Morgan fingerprint density at radius 3 is 2.35 bits per heavy atom. The van der Waals surface area contributed by atoms with Crippen LogP contribution in [0.5, 0.6) is 5.75 Å². The zero-order valence-electron chi connectivity index (χ0n) is 12.1. The van der Waals surface area contributed by atoms with Crippen LogP contribution in [0.25, 0.3) is 0 Å². The molecule has 114 valence electrons. The Bertz CT molecular complexity index is 562. The molecule has 20 heavy (non-hydrogen) atoms. The molecule has 0 heterocycles. The van der Waals surface area contributed by atoms with E-state index in [4.69, 9.17) is 27.0 Å². The molecule has 1 aromatic carbocycles. The van der Waals surface area contributed by atoms with Gasteiger partial charge >= 0.3 is 0 Å². The number of halogens is 2. The second-order valence-corrected chi connectivity index (χ2v) is 9.22. The first kappa shape index (κ1) is 17.6. The predicted molar refractivity (Wildman–Crippen MR) is 84.3 cm³/mol. The smallest absolute Gasteiger partial charge is 0.233 e. The Morgan fingerprint density at radius 2 is 1.90 bits per heavy atom. The third kappa shape index (κ3) is 5.90. The highest BCUT2D eigenvalue weighted by Crippen LogP contribution is 2.29. The summed E-state index contributed by atoms with van der Waals surface area (Å²) in [5, 5.41) is 0.674. The maximum atomic E-state index is 11.3. The third-order valence-electron chi connectivity index (χ3n) is 3.21. The van der Waals surface area contributed by atoms with E-state index in [-0.39, 0.29) is 23.7 Å². The lowest BCUT2D eigenvalue weighted by Crippen LogP contribution is -2.31. The number of hydrogen-bond donors (Lipinski definition) is 0. The molecule has 0 spiro atoms. The molecule has 6 heteroatoms. The Kier molecular flexibility index (Phi) is 5.76. The van der Waals surface area contributed by atoms with Gasteiger partial charge in [-0.25, -0.2) is 8.42 Å². The molecule has 1 rings (SSSR count). The third-order valence-corrected chi connectivity index (χ3v) is 4.81. The Labute approximate surface area is 130 Å². The molecule has 0 radical (unpaired) electrons. The highest BCUT2D eigenvalue weighted by Gasteiger charge is 2.29. The van der Waals surface area contributed by atoms with Crippen LogP contribution in [0.15, 0.2) is 18.2 Å². The number of aryl methyl sites for hydroxylation is 1. The largest absolute Gasteiger partial charge is 0.493 e. The molecule has 0 N–H and O–H groups in total. The van der Waals surface area contributed by atoms with Gasteiger partial charge in [0.25, 0.3) is 0 Å². The van der Waals surface area contributed by atoms with Gasteiger partial charge in [-0.05, 0) is 36.1 Å². The van der Waals surface area contributed by atoms with Gasteiger partial charge in [-0.1, -0.05) is 32.4 Å². The van der Waals surface area contributed by atoms with Crippen molar-refractivity contribution in [2.75, 3.05) is 12.4 Å². The van der Waals surface area contributed by atoms with Crippen LogP contribution >= 0.6 is 22.3 Å². The van der Waals surface area contributed by atoms with E-state index in [0.717, 1.165) is 5.56 Å². The minimum Gasteiger partial charge on any atom is -0.493 e. The van der Waals surface area contributed by atoms with Gasteiger partial charge in [0.05, 0.1) is 12.4 Å². The van der Waals surface area contributed by atoms with E-state index in [2.05, 4.69) is 0 Å². The van der Waals surface area contributed by atoms with Gasteiger partial charge in [0.2, 0.25) is 9.05 Å². The van der Waals surface area contributed by atoms with Gasteiger partial charge in [0, 0.05) is 21.6 Å². The summed E-state index contributed by atoms with van der Waals surface area (Å²) < 4.78 is 28.3. The van der Waals surface area contributed by atoms with E-state index in [0.29, 0.717) is 10.8 Å². The summed E-state index contributed by atoms with van der Waals surface area (Å²) in [4.78, 5) is 0. The minimum absolute atomic E-state index is 0.107. The van der Waals surface area contributed by atoms with Crippen LogP contribution in [0.2, 0.25) is 5.02 Å². The highest BCUT2D eigenvalue weighted by atomic mass is 35.7. The number of ether oxygens (including phenoxy) is 1. The first-order valence-electron chi connectivity index (χ1n) is 6.30. The minimum atomic E-state index is -3.55. The Balaban J connectivity index is 2.78. The average Bonchev–Trinajstić information content (AvgIpc) is 2.26. The maximum Gasteiger partial charge on any atom is 0.233 e. The zero-order valence-corrected chi connectivity index (χ0v) is 14.4. The van der Waals surface area contributed by atoms with E-state index >= 15 is 0 Å². The zero-order chi connectivity index (χ0) is 15.6. The SMILES string of the molecule is Cc1cc(OCC(CS(=O)(=O)Cl)C(C)(C)C)ccc1Cl. The van der Waals surface area contributed by atoms with Crippen molar-refractivity contribution in [2.45, 2.75) is 27.7 Å². The number of rotatable bonds is 5. The van der Waals surface area contributed by atoms with Crippen LogP contribution in [-0.4, -0.2) is 20.8 Å². The standard InChI is InChI=1S/C14H20Cl2O3S/c1-10-7-12(5-6-13(10)15)19-8-11(14(2,3)4)9-20(16,17)18/h5-7,11H,8-9H2,1-4H3. The van der Waals surface area contributed by atoms with E-state index in [1.54, 1.807) is 12.1 Å². The molecule has 1 atom stereocenters. The molecule has 0 saturated carbocycles.